The molecule has 0 unspecified atom stereocenters. The minimum Gasteiger partial charge on any atom is -0.457 e. The Morgan fingerprint density at radius 1 is 0.914 bits per heavy atom. The lowest BCUT2D eigenvalue weighted by molar-refractivity contribution is 0.385. The molecule has 0 saturated heterocycles. The number of nitrogens with zero attached hydrogens (tertiary/aromatic N) is 3. The summed E-state index contributed by atoms with van der Waals surface area (Å²) in [5.74, 6) is 1.98. The fraction of sp³-hybridized carbons (Fsp3) is 0.161. The van der Waals surface area contributed by atoms with E-state index in [1.165, 1.54) is 16.7 Å². The standard InChI is InChI=1S/C31H25N3O/c32-20-24-19-22(17-18-33-24)25-10-3-4-12-27(25)26-11-2-1-9-23(26)21-34-28-13-5-7-15-30(28)35-31-16-8-6-14-29(31)34/h2-7,10-15,17-19H,1,8-9,16,21H2. The molecule has 0 saturated carbocycles. The number of pyridine rings is 1. The number of aromatic nitrogens is 1. The second kappa shape index (κ2) is 9.12. The van der Waals surface area contributed by atoms with Crippen molar-refractivity contribution in [2.75, 3.05) is 11.4 Å². The predicted octanol–water partition coefficient (Wildman–Crippen LogP) is 7.18. The largest absolute Gasteiger partial charge is 0.457 e. The van der Waals surface area contributed by atoms with E-state index in [4.69, 9.17) is 4.74 Å². The van der Waals surface area contributed by atoms with Crippen LogP contribution in [0.4, 0.5) is 5.69 Å². The summed E-state index contributed by atoms with van der Waals surface area (Å²) in [5, 5.41) is 9.37. The Hall–Kier alpha value is -4.36. The molecular weight excluding hydrogens is 430 g/mol. The molecule has 0 fully saturated rings. The lowest BCUT2D eigenvalue weighted by Gasteiger charge is -2.36. The average Bonchev–Trinajstić information content (AvgIpc) is 2.93. The Kier molecular flexibility index (Phi) is 5.52. The number of hydrogen-bond donors (Lipinski definition) is 0. The van der Waals surface area contributed by atoms with E-state index >= 15 is 0 Å². The number of fused-ring (bicyclic) bond motifs is 1. The summed E-state index contributed by atoms with van der Waals surface area (Å²) in [6, 6.07) is 22.8. The molecule has 0 atom stereocenters. The maximum Gasteiger partial charge on any atom is 0.150 e. The predicted molar refractivity (Wildman–Crippen MR) is 139 cm³/mol. The Balaban J connectivity index is 1.46. The second-order valence-corrected chi connectivity index (χ2v) is 8.95. The zero-order valence-electron chi connectivity index (χ0n) is 19.4. The van der Waals surface area contributed by atoms with Crippen LogP contribution < -0.4 is 9.64 Å². The zero-order valence-corrected chi connectivity index (χ0v) is 19.4. The number of hydrogen-bond acceptors (Lipinski definition) is 4. The van der Waals surface area contributed by atoms with Gasteiger partial charge in [0.15, 0.2) is 5.75 Å². The van der Waals surface area contributed by atoms with Crippen LogP contribution in [-0.2, 0) is 0 Å². The van der Waals surface area contributed by atoms with Gasteiger partial charge in [0.2, 0.25) is 0 Å². The fourth-order valence-electron chi connectivity index (χ4n) is 5.15. The molecule has 1 aliphatic heterocycles. The molecule has 0 amide bonds. The van der Waals surface area contributed by atoms with Gasteiger partial charge >= 0.3 is 0 Å². The molecule has 1 aromatic heterocycles. The molecular formula is C31H25N3O. The number of anilines is 1. The topological polar surface area (TPSA) is 49.2 Å². The van der Waals surface area contributed by atoms with Crippen LogP contribution in [0.15, 0.2) is 108 Å². The third-order valence-corrected chi connectivity index (χ3v) is 6.81. The first-order valence-electron chi connectivity index (χ1n) is 12.1. The Labute approximate surface area is 205 Å². The van der Waals surface area contributed by atoms with Crippen molar-refractivity contribution in [1.29, 1.82) is 5.26 Å². The number of ether oxygens (including phenoxy) is 1. The maximum absolute atomic E-state index is 9.37. The quantitative estimate of drug-likeness (QED) is 0.418. The first-order chi connectivity index (χ1) is 17.3. The highest BCUT2D eigenvalue weighted by Gasteiger charge is 2.28. The summed E-state index contributed by atoms with van der Waals surface area (Å²) < 4.78 is 6.29. The van der Waals surface area contributed by atoms with Crippen molar-refractivity contribution in [2.24, 2.45) is 0 Å². The number of para-hydroxylation sites is 2. The summed E-state index contributed by atoms with van der Waals surface area (Å²) in [6.45, 7) is 0.803. The molecule has 0 radical (unpaired) electrons. The molecule has 4 heteroatoms. The molecule has 6 rings (SSSR count). The van der Waals surface area contributed by atoms with E-state index < -0.39 is 0 Å². The fourth-order valence-corrected chi connectivity index (χ4v) is 5.15. The van der Waals surface area contributed by atoms with Crippen LogP contribution in [-0.4, -0.2) is 11.5 Å². The van der Waals surface area contributed by atoms with Crippen molar-refractivity contribution in [3.05, 3.63) is 119 Å². The Morgan fingerprint density at radius 3 is 2.63 bits per heavy atom. The van der Waals surface area contributed by atoms with Gasteiger partial charge in [-0.3, -0.25) is 0 Å². The monoisotopic (exact) mass is 455 g/mol. The van der Waals surface area contributed by atoms with Gasteiger partial charge in [-0.05, 0) is 77.4 Å². The van der Waals surface area contributed by atoms with Gasteiger partial charge in [-0.1, -0.05) is 54.6 Å². The van der Waals surface area contributed by atoms with E-state index in [0.717, 1.165) is 66.2 Å². The molecule has 2 aliphatic carbocycles. The van der Waals surface area contributed by atoms with Crippen LogP contribution in [0.3, 0.4) is 0 Å². The molecule has 2 heterocycles. The molecule has 35 heavy (non-hydrogen) atoms. The van der Waals surface area contributed by atoms with Crippen LogP contribution in [0.5, 0.6) is 5.75 Å². The second-order valence-electron chi connectivity index (χ2n) is 8.95. The van der Waals surface area contributed by atoms with Gasteiger partial charge in [0.25, 0.3) is 0 Å². The highest BCUT2D eigenvalue weighted by atomic mass is 16.5. The van der Waals surface area contributed by atoms with Gasteiger partial charge in [0.1, 0.15) is 17.5 Å². The smallest absolute Gasteiger partial charge is 0.150 e. The van der Waals surface area contributed by atoms with Gasteiger partial charge in [-0.25, -0.2) is 4.98 Å². The minimum absolute atomic E-state index is 0.430. The number of rotatable bonds is 4. The number of allylic oxidation sites excluding steroid dienone is 6. The van der Waals surface area contributed by atoms with E-state index in [0.29, 0.717) is 5.69 Å². The van der Waals surface area contributed by atoms with Gasteiger partial charge in [-0.15, -0.1) is 0 Å². The summed E-state index contributed by atoms with van der Waals surface area (Å²) in [6.07, 6.45) is 14.7. The van der Waals surface area contributed by atoms with Crippen molar-refractivity contribution in [3.63, 3.8) is 0 Å². The Morgan fingerprint density at radius 2 is 1.71 bits per heavy atom. The van der Waals surface area contributed by atoms with Crippen LogP contribution in [0.2, 0.25) is 0 Å². The number of nitriles is 1. The van der Waals surface area contributed by atoms with Gasteiger partial charge < -0.3 is 9.64 Å². The van der Waals surface area contributed by atoms with Gasteiger partial charge in [0.05, 0.1) is 11.4 Å². The first-order valence-corrected chi connectivity index (χ1v) is 12.1. The van der Waals surface area contributed by atoms with Gasteiger partial charge in [0, 0.05) is 19.2 Å². The average molecular weight is 456 g/mol. The van der Waals surface area contributed by atoms with E-state index in [9.17, 15) is 5.26 Å². The van der Waals surface area contributed by atoms with Crippen molar-refractivity contribution in [3.8, 4) is 22.9 Å². The summed E-state index contributed by atoms with van der Waals surface area (Å²) in [5.41, 5.74) is 8.67. The van der Waals surface area contributed by atoms with E-state index in [1.54, 1.807) is 6.20 Å². The summed E-state index contributed by atoms with van der Waals surface area (Å²) in [4.78, 5) is 6.58. The lowest BCUT2D eigenvalue weighted by atomic mass is 9.87. The molecule has 4 nitrogen and oxygen atoms in total. The first kappa shape index (κ1) is 21.2. The van der Waals surface area contributed by atoms with E-state index in [2.05, 4.69) is 82.7 Å². The van der Waals surface area contributed by atoms with Crippen LogP contribution >= 0.6 is 0 Å². The van der Waals surface area contributed by atoms with Crippen LogP contribution in [0, 0.1) is 11.3 Å². The van der Waals surface area contributed by atoms with Crippen LogP contribution in [0.1, 0.15) is 36.9 Å². The van der Waals surface area contributed by atoms with Crippen molar-refractivity contribution < 1.29 is 4.74 Å². The Bertz CT molecular complexity index is 1470. The molecule has 170 valence electrons. The summed E-state index contributed by atoms with van der Waals surface area (Å²) >= 11 is 0. The third-order valence-electron chi connectivity index (χ3n) is 6.81. The van der Waals surface area contributed by atoms with Gasteiger partial charge in [-0.2, -0.15) is 5.26 Å². The van der Waals surface area contributed by atoms with Crippen molar-refractivity contribution >= 4 is 11.3 Å². The SMILES string of the molecule is N#Cc1cc(-c2ccccc2C2=C(CN3C4=C(CCC=C4)Oc4ccccc43)CCC=C2)ccn1. The molecule has 0 spiro atoms. The molecule has 0 N–H and O–H groups in total. The normalized spacial score (nSPS) is 16.5. The summed E-state index contributed by atoms with van der Waals surface area (Å²) in [7, 11) is 0. The van der Waals surface area contributed by atoms with Crippen molar-refractivity contribution in [2.45, 2.75) is 25.7 Å². The molecule has 3 aromatic rings. The highest BCUT2D eigenvalue weighted by Crippen LogP contribution is 2.42. The minimum atomic E-state index is 0.430. The lowest BCUT2D eigenvalue weighted by Crippen LogP contribution is -2.31. The highest BCUT2D eigenvalue weighted by molar-refractivity contribution is 5.88. The molecule has 3 aliphatic rings. The zero-order chi connectivity index (χ0) is 23.6. The number of benzene rings is 2. The van der Waals surface area contributed by atoms with Crippen LogP contribution in [0.25, 0.3) is 16.7 Å². The van der Waals surface area contributed by atoms with Crippen molar-refractivity contribution in [1.82, 2.24) is 4.98 Å². The maximum atomic E-state index is 9.37. The molecule has 2 aromatic carbocycles. The molecule has 0 bridgehead atoms. The van der Waals surface area contributed by atoms with E-state index in [1.807, 2.05) is 18.2 Å². The third kappa shape index (κ3) is 3.96. The van der Waals surface area contributed by atoms with E-state index in [-0.39, 0.29) is 0 Å².